The van der Waals surface area contributed by atoms with E-state index in [1.165, 1.54) is 27.8 Å². The molecule has 0 heterocycles. The maximum absolute atomic E-state index is 2.35. The highest BCUT2D eigenvalue weighted by atomic mass is 14.3. The summed E-state index contributed by atoms with van der Waals surface area (Å²) in [5, 5.41) is 0. The highest BCUT2D eigenvalue weighted by molar-refractivity contribution is 5.78. The van der Waals surface area contributed by atoms with Crippen LogP contribution < -0.4 is 0 Å². The molecule has 0 nitrogen and oxygen atoms in total. The Morgan fingerprint density at radius 2 is 1.71 bits per heavy atom. The molecule has 0 amide bonds. The van der Waals surface area contributed by atoms with Crippen molar-refractivity contribution in [1.82, 2.24) is 0 Å². The third-order valence-electron chi connectivity index (χ3n) is 4.85. The van der Waals surface area contributed by atoms with Gasteiger partial charge in [-0.2, -0.15) is 0 Å². The number of benzene rings is 2. The Morgan fingerprint density at radius 3 is 2.52 bits per heavy atom. The maximum atomic E-state index is 2.35. The predicted molar refractivity (Wildman–Crippen MR) is 89.6 cm³/mol. The Morgan fingerprint density at radius 1 is 0.952 bits per heavy atom. The zero-order chi connectivity index (χ0) is 14.4. The fourth-order valence-electron chi connectivity index (χ4n) is 3.72. The van der Waals surface area contributed by atoms with Crippen molar-refractivity contribution < 1.29 is 0 Å². The Balaban J connectivity index is 1.81. The molecule has 4 rings (SSSR count). The van der Waals surface area contributed by atoms with Crippen LogP contribution in [0.15, 0.2) is 54.6 Å². The van der Waals surface area contributed by atoms with Crippen molar-refractivity contribution in [2.24, 2.45) is 5.92 Å². The van der Waals surface area contributed by atoms with E-state index in [0.29, 0.717) is 5.92 Å². The normalized spacial score (nSPS) is 15.5. The Kier molecular flexibility index (Phi) is 2.85. The van der Waals surface area contributed by atoms with Crippen LogP contribution in [0.2, 0.25) is 0 Å². The van der Waals surface area contributed by atoms with Crippen molar-refractivity contribution in [1.29, 1.82) is 0 Å². The van der Waals surface area contributed by atoms with Crippen molar-refractivity contribution >= 4 is 0 Å². The van der Waals surface area contributed by atoms with Gasteiger partial charge in [-0.05, 0) is 66.0 Å². The van der Waals surface area contributed by atoms with Gasteiger partial charge in [-0.25, -0.2) is 0 Å². The molecule has 0 atom stereocenters. The Labute approximate surface area is 126 Å². The fraction of sp³-hybridized carbons (Fsp3) is 0.238. The first kappa shape index (κ1) is 12.6. The monoisotopic (exact) mass is 272 g/mol. The van der Waals surface area contributed by atoms with E-state index < -0.39 is 0 Å². The largest absolute Gasteiger partial charge is 0.0773 e. The van der Waals surface area contributed by atoms with Crippen molar-refractivity contribution in [2.75, 3.05) is 0 Å². The highest BCUT2D eigenvalue weighted by Crippen LogP contribution is 2.40. The molecular formula is C21H20. The Hall–Kier alpha value is -2.08. The van der Waals surface area contributed by atoms with Crippen LogP contribution in [0.3, 0.4) is 0 Å². The standard InChI is InChI=1S/C21H20/c1-14-7-9-18-17(11-14)13-21-19(18)10-8-15(2)20(21)12-16-5-3-4-6-16/h3-11,16H,12-13H2,1-2H3. The first-order valence-corrected chi connectivity index (χ1v) is 7.78. The van der Waals surface area contributed by atoms with E-state index in [1.54, 1.807) is 11.1 Å². The molecular weight excluding hydrogens is 252 g/mol. The lowest BCUT2D eigenvalue weighted by Crippen LogP contribution is -2.02. The van der Waals surface area contributed by atoms with Crippen molar-refractivity contribution in [3.63, 3.8) is 0 Å². The first-order chi connectivity index (χ1) is 10.2. The third-order valence-corrected chi connectivity index (χ3v) is 4.85. The number of aryl methyl sites for hydroxylation is 2. The lowest BCUT2D eigenvalue weighted by Gasteiger charge is -2.14. The van der Waals surface area contributed by atoms with Crippen LogP contribution in [0, 0.1) is 19.8 Å². The van der Waals surface area contributed by atoms with Gasteiger partial charge in [-0.3, -0.25) is 0 Å². The summed E-state index contributed by atoms with van der Waals surface area (Å²) in [6, 6.07) is 11.5. The van der Waals surface area contributed by atoms with Crippen LogP contribution >= 0.6 is 0 Å². The van der Waals surface area contributed by atoms with Gasteiger partial charge in [0.05, 0.1) is 0 Å². The number of hydrogen-bond donors (Lipinski definition) is 0. The van der Waals surface area contributed by atoms with E-state index in [0.717, 1.165) is 12.8 Å². The summed E-state index contributed by atoms with van der Waals surface area (Å²) in [4.78, 5) is 0. The van der Waals surface area contributed by atoms with Gasteiger partial charge >= 0.3 is 0 Å². The van der Waals surface area contributed by atoms with Crippen LogP contribution in [0.5, 0.6) is 0 Å². The second-order valence-corrected chi connectivity index (χ2v) is 6.36. The van der Waals surface area contributed by atoms with Crippen molar-refractivity contribution in [3.05, 3.63) is 82.5 Å². The summed E-state index contributed by atoms with van der Waals surface area (Å²) >= 11 is 0. The van der Waals surface area contributed by atoms with Gasteiger partial charge in [0, 0.05) is 0 Å². The van der Waals surface area contributed by atoms with Gasteiger partial charge in [0.1, 0.15) is 0 Å². The fourth-order valence-corrected chi connectivity index (χ4v) is 3.72. The predicted octanol–water partition coefficient (Wildman–Crippen LogP) is 5.16. The zero-order valence-corrected chi connectivity index (χ0v) is 12.7. The molecule has 2 aromatic carbocycles. The maximum Gasteiger partial charge on any atom is -0.000663 e. The quantitative estimate of drug-likeness (QED) is 0.604. The molecule has 0 aromatic heterocycles. The molecule has 0 bridgehead atoms. The number of rotatable bonds is 2. The van der Waals surface area contributed by atoms with Gasteiger partial charge in [0.15, 0.2) is 0 Å². The molecule has 104 valence electrons. The molecule has 0 saturated heterocycles. The minimum Gasteiger partial charge on any atom is -0.0773 e. The second-order valence-electron chi connectivity index (χ2n) is 6.36. The van der Waals surface area contributed by atoms with E-state index in [4.69, 9.17) is 0 Å². The molecule has 0 spiro atoms. The van der Waals surface area contributed by atoms with Crippen LogP contribution in [0.1, 0.15) is 27.8 Å². The topological polar surface area (TPSA) is 0 Å². The molecule has 0 heteroatoms. The van der Waals surface area contributed by atoms with Gasteiger partial charge in [0.2, 0.25) is 0 Å². The van der Waals surface area contributed by atoms with Crippen LogP contribution in [-0.2, 0) is 12.8 Å². The minimum absolute atomic E-state index is 0.570. The van der Waals surface area contributed by atoms with E-state index in [-0.39, 0.29) is 0 Å². The molecule has 0 fully saturated rings. The third kappa shape index (κ3) is 2.06. The summed E-state index contributed by atoms with van der Waals surface area (Å²) in [6.07, 6.45) is 11.2. The van der Waals surface area contributed by atoms with Gasteiger partial charge in [-0.15, -0.1) is 0 Å². The average molecular weight is 272 g/mol. The summed E-state index contributed by atoms with van der Waals surface area (Å²) in [5.41, 5.74) is 10.3. The van der Waals surface area contributed by atoms with Crippen molar-refractivity contribution in [3.8, 4) is 11.1 Å². The molecule has 0 saturated carbocycles. The number of hydrogen-bond acceptors (Lipinski definition) is 0. The molecule has 21 heavy (non-hydrogen) atoms. The molecule has 0 N–H and O–H groups in total. The number of fused-ring (bicyclic) bond motifs is 3. The van der Waals surface area contributed by atoms with Gasteiger partial charge < -0.3 is 0 Å². The van der Waals surface area contributed by atoms with E-state index in [1.807, 2.05) is 0 Å². The van der Waals surface area contributed by atoms with Crippen LogP contribution in [0.4, 0.5) is 0 Å². The molecule has 2 aromatic rings. The van der Waals surface area contributed by atoms with E-state index >= 15 is 0 Å². The SMILES string of the molecule is Cc1ccc2c(c1)Cc1c-2ccc(C)c1CC1C=CC=C1. The zero-order valence-electron chi connectivity index (χ0n) is 12.7. The molecule has 0 radical (unpaired) electrons. The highest BCUT2D eigenvalue weighted by Gasteiger charge is 2.23. The minimum atomic E-state index is 0.570. The molecule has 2 aliphatic carbocycles. The summed E-state index contributed by atoms with van der Waals surface area (Å²) in [7, 11) is 0. The van der Waals surface area contributed by atoms with Gasteiger partial charge in [0.25, 0.3) is 0 Å². The average Bonchev–Trinajstić information content (AvgIpc) is 3.08. The molecule has 0 unspecified atom stereocenters. The lowest BCUT2D eigenvalue weighted by molar-refractivity contribution is 0.802. The smallest absolute Gasteiger partial charge is 0.000663 e. The lowest BCUT2D eigenvalue weighted by atomic mass is 9.90. The summed E-state index contributed by atoms with van der Waals surface area (Å²) in [6.45, 7) is 4.44. The summed E-state index contributed by atoms with van der Waals surface area (Å²) < 4.78 is 0. The van der Waals surface area contributed by atoms with Crippen LogP contribution in [0.25, 0.3) is 11.1 Å². The molecule has 2 aliphatic rings. The van der Waals surface area contributed by atoms with Crippen molar-refractivity contribution in [2.45, 2.75) is 26.7 Å². The van der Waals surface area contributed by atoms with E-state index in [9.17, 15) is 0 Å². The van der Waals surface area contributed by atoms with Crippen LogP contribution in [-0.4, -0.2) is 0 Å². The Bertz CT molecular complexity index is 763. The first-order valence-electron chi connectivity index (χ1n) is 7.78. The second kappa shape index (κ2) is 4.73. The van der Waals surface area contributed by atoms with Gasteiger partial charge in [-0.1, -0.05) is 60.2 Å². The van der Waals surface area contributed by atoms with E-state index in [2.05, 4.69) is 68.5 Å². The number of allylic oxidation sites excluding steroid dienone is 4. The molecule has 0 aliphatic heterocycles. The summed E-state index contributed by atoms with van der Waals surface area (Å²) in [5.74, 6) is 0.570.